The second kappa shape index (κ2) is 5.95. The number of ether oxygens (including phenoxy) is 3. The molecule has 2 rings (SSSR count). The van der Waals surface area contributed by atoms with Crippen molar-refractivity contribution in [3.63, 3.8) is 0 Å². The van der Waals surface area contributed by atoms with E-state index in [1.54, 1.807) is 0 Å². The quantitative estimate of drug-likeness (QED) is 0.801. The average molecular weight is 296 g/mol. The van der Waals surface area contributed by atoms with Crippen LogP contribution in [-0.2, 0) is 14.2 Å². The van der Waals surface area contributed by atoms with E-state index in [4.69, 9.17) is 14.2 Å². The molecule has 0 aliphatic carbocycles. The molecule has 5 nitrogen and oxygen atoms in total. The lowest BCUT2D eigenvalue weighted by molar-refractivity contribution is 0.164. The number of rotatable bonds is 4. The lowest BCUT2D eigenvalue weighted by Crippen LogP contribution is -2.25. The number of aliphatic imine (C=N–C) groups is 2. The molecule has 0 aromatic heterocycles. The molecule has 2 aliphatic heterocycles. The Morgan fingerprint density at radius 2 is 1.24 bits per heavy atom. The lowest BCUT2D eigenvalue weighted by atomic mass is 9.88. The second-order valence-electron chi connectivity index (χ2n) is 7.92. The molecule has 0 radical (unpaired) electrons. The summed E-state index contributed by atoms with van der Waals surface area (Å²) in [6, 6.07) is 0.419. The second-order valence-corrected chi connectivity index (χ2v) is 7.92. The predicted molar refractivity (Wildman–Crippen MR) is 84.1 cm³/mol. The molecule has 0 aromatic rings. The molecule has 0 bridgehead atoms. The fraction of sp³-hybridized carbons (Fsp3) is 0.875. The Bertz CT molecular complexity index is 390. The third-order valence-corrected chi connectivity index (χ3v) is 3.87. The van der Waals surface area contributed by atoms with Crippen LogP contribution in [0.4, 0.5) is 0 Å². The maximum Gasteiger partial charge on any atom is 0.210 e. The van der Waals surface area contributed by atoms with E-state index in [2.05, 4.69) is 51.5 Å². The van der Waals surface area contributed by atoms with Crippen LogP contribution in [0.15, 0.2) is 9.98 Å². The van der Waals surface area contributed by atoms with Gasteiger partial charge in [0.2, 0.25) is 11.8 Å². The lowest BCUT2D eigenvalue weighted by Gasteiger charge is -2.21. The van der Waals surface area contributed by atoms with Gasteiger partial charge in [-0.25, -0.2) is 9.98 Å². The molecule has 5 heteroatoms. The highest BCUT2D eigenvalue weighted by Crippen LogP contribution is 2.27. The van der Waals surface area contributed by atoms with E-state index < -0.39 is 0 Å². The van der Waals surface area contributed by atoms with Crippen molar-refractivity contribution in [2.45, 2.75) is 53.6 Å². The van der Waals surface area contributed by atoms with Crippen LogP contribution in [0.5, 0.6) is 0 Å². The van der Waals surface area contributed by atoms with Gasteiger partial charge in [-0.05, 0) is 10.8 Å². The van der Waals surface area contributed by atoms with Crippen LogP contribution in [0.1, 0.15) is 41.5 Å². The van der Waals surface area contributed by atoms with Gasteiger partial charge in [-0.15, -0.1) is 0 Å². The van der Waals surface area contributed by atoms with Crippen molar-refractivity contribution < 1.29 is 14.2 Å². The molecule has 0 amide bonds. The molecule has 120 valence electrons. The van der Waals surface area contributed by atoms with E-state index in [1.165, 1.54) is 0 Å². The molecular formula is C16H28N2O3. The zero-order chi connectivity index (χ0) is 15.7. The first-order valence-electron chi connectivity index (χ1n) is 7.63. The average Bonchev–Trinajstić information content (AvgIpc) is 2.95. The van der Waals surface area contributed by atoms with Crippen molar-refractivity contribution in [3.05, 3.63) is 0 Å². The van der Waals surface area contributed by atoms with E-state index in [0.717, 1.165) is 0 Å². The highest BCUT2D eigenvalue weighted by Gasteiger charge is 2.31. The molecule has 2 atom stereocenters. The fourth-order valence-corrected chi connectivity index (χ4v) is 2.12. The fourth-order valence-electron chi connectivity index (χ4n) is 2.12. The maximum atomic E-state index is 5.61. The van der Waals surface area contributed by atoms with Crippen LogP contribution in [0.3, 0.4) is 0 Å². The van der Waals surface area contributed by atoms with Crippen LogP contribution in [0, 0.1) is 10.8 Å². The van der Waals surface area contributed by atoms with Gasteiger partial charge in [0.05, 0.1) is 12.1 Å². The first-order chi connectivity index (χ1) is 9.66. The Balaban J connectivity index is 1.76. The van der Waals surface area contributed by atoms with Crippen LogP contribution in [0.2, 0.25) is 0 Å². The molecule has 0 saturated carbocycles. The van der Waals surface area contributed by atoms with Crippen molar-refractivity contribution in [1.82, 2.24) is 0 Å². The summed E-state index contributed by atoms with van der Waals surface area (Å²) in [5, 5.41) is 0. The van der Waals surface area contributed by atoms with Gasteiger partial charge < -0.3 is 14.2 Å². The number of hydrogen-bond acceptors (Lipinski definition) is 5. The van der Waals surface area contributed by atoms with E-state index >= 15 is 0 Å². The molecular weight excluding hydrogens is 268 g/mol. The van der Waals surface area contributed by atoms with Gasteiger partial charge in [0.25, 0.3) is 0 Å². The maximum absolute atomic E-state index is 5.61. The Hall–Kier alpha value is -1.10. The summed E-state index contributed by atoms with van der Waals surface area (Å²) < 4.78 is 16.8. The van der Waals surface area contributed by atoms with Crippen molar-refractivity contribution >= 4 is 11.8 Å². The summed E-state index contributed by atoms with van der Waals surface area (Å²) in [5.74, 6) is 1.36. The van der Waals surface area contributed by atoms with Crippen LogP contribution in [-0.4, -0.2) is 50.3 Å². The molecule has 0 saturated heterocycles. The van der Waals surface area contributed by atoms with Gasteiger partial charge >= 0.3 is 0 Å². The highest BCUT2D eigenvalue weighted by atomic mass is 16.6. The van der Waals surface area contributed by atoms with Crippen molar-refractivity contribution in [3.8, 4) is 0 Å². The standard InChI is InChI=1S/C16H28N2O3/c1-15(2,3)11-7-20-13(17-11)9-19-10-14-18-12(8-21-14)16(4,5)6/h11-12H,7-10H2,1-6H3/t11-,12+. The van der Waals surface area contributed by atoms with E-state index in [0.29, 0.717) is 38.2 Å². The summed E-state index contributed by atoms with van der Waals surface area (Å²) >= 11 is 0. The van der Waals surface area contributed by atoms with E-state index in [1.807, 2.05) is 0 Å². The molecule has 0 spiro atoms. The van der Waals surface area contributed by atoms with E-state index in [-0.39, 0.29) is 22.9 Å². The molecule has 21 heavy (non-hydrogen) atoms. The molecule has 0 N–H and O–H groups in total. The summed E-state index contributed by atoms with van der Waals surface area (Å²) in [6.45, 7) is 15.1. The number of hydrogen-bond donors (Lipinski definition) is 0. The highest BCUT2D eigenvalue weighted by molar-refractivity contribution is 5.81. The summed E-state index contributed by atoms with van der Waals surface area (Å²) in [5.41, 5.74) is 0.251. The van der Waals surface area contributed by atoms with Gasteiger partial charge in [0, 0.05) is 0 Å². The van der Waals surface area contributed by atoms with E-state index in [9.17, 15) is 0 Å². The molecule has 0 unspecified atom stereocenters. The SMILES string of the molecule is CC(C)(C)[C@@H]1COC(COCC2=N[C@@H](C(C)(C)C)CO2)=N1. The zero-order valence-corrected chi connectivity index (χ0v) is 14.1. The van der Waals surface area contributed by atoms with Crippen LogP contribution >= 0.6 is 0 Å². The van der Waals surface area contributed by atoms with Crippen LogP contribution < -0.4 is 0 Å². The summed E-state index contributed by atoms with van der Waals surface area (Å²) in [6.07, 6.45) is 0. The third-order valence-electron chi connectivity index (χ3n) is 3.87. The van der Waals surface area contributed by atoms with Gasteiger partial charge in [-0.1, -0.05) is 41.5 Å². The van der Waals surface area contributed by atoms with Gasteiger partial charge in [0.15, 0.2) is 0 Å². The largest absolute Gasteiger partial charge is 0.477 e. The van der Waals surface area contributed by atoms with Crippen molar-refractivity contribution in [2.75, 3.05) is 26.4 Å². The third kappa shape index (κ3) is 4.43. The van der Waals surface area contributed by atoms with Crippen molar-refractivity contribution in [1.29, 1.82) is 0 Å². The Morgan fingerprint density at radius 3 is 1.52 bits per heavy atom. The van der Waals surface area contributed by atoms with Gasteiger partial charge in [0.1, 0.15) is 26.4 Å². The predicted octanol–water partition coefficient (Wildman–Crippen LogP) is 2.69. The molecule has 2 heterocycles. The van der Waals surface area contributed by atoms with Crippen molar-refractivity contribution in [2.24, 2.45) is 20.8 Å². The normalized spacial score (nSPS) is 26.2. The Labute approximate surface area is 127 Å². The van der Waals surface area contributed by atoms with Gasteiger partial charge in [-0.2, -0.15) is 0 Å². The monoisotopic (exact) mass is 296 g/mol. The van der Waals surface area contributed by atoms with Gasteiger partial charge in [-0.3, -0.25) is 0 Å². The minimum absolute atomic E-state index is 0.125. The van der Waals surface area contributed by atoms with Crippen LogP contribution in [0.25, 0.3) is 0 Å². The first kappa shape index (κ1) is 16.3. The Kier molecular flexibility index (Phi) is 4.61. The molecule has 0 fully saturated rings. The first-order valence-corrected chi connectivity index (χ1v) is 7.63. The minimum Gasteiger partial charge on any atom is -0.477 e. The molecule has 2 aliphatic rings. The topological polar surface area (TPSA) is 52.4 Å². The zero-order valence-electron chi connectivity index (χ0n) is 14.1. The Morgan fingerprint density at radius 1 is 0.857 bits per heavy atom. The molecule has 0 aromatic carbocycles. The summed E-state index contributed by atoms with van der Waals surface area (Å²) in [4.78, 5) is 9.13. The smallest absolute Gasteiger partial charge is 0.210 e. The minimum atomic E-state index is 0.125. The number of nitrogens with zero attached hydrogens (tertiary/aromatic N) is 2. The summed E-state index contributed by atoms with van der Waals surface area (Å²) in [7, 11) is 0.